The lowest BCUT2D eigenvalue weighted by molar-refractivity contribution is 0.930. The molecule has 0 radical (unpaired) electrons. The first-order valence-corrected chi connectivity index (χ1v) is 7.95. The van der Waals surface area contributed by atoms with E-state index >= 15 is 0 Å². The number of allylic oxidation sites excluding steroid dienone is 2. The molecule has 0 aromatic carbocycles. The minimum absolute atomic E-state index is 1.04. The Bertz CT molecular complexity index is 478. The molecule has 0 fully saturated rings. The van der Waals surface area contributed by atoms with Crippen LogP contribution in [0.3, 0.4) is 0 Å². The van der Waals surface area contributed by atoms with Crippen LogP contribution in [-0.2, 0) is 0 Å². The number of hydrogen-bond donors (Lipinski definition) is 0. The molecule has 0 saturated heterocycles. The molecule has 0 bridgehead atoms. The summed E-state index contributed by atoms with van der Waals surface area (Å²) in [4.78, 5) is 11.5. The van der Waals surface area contributed by atoms with Crippen molar-refractivity contribution in [1.29, 1.82) is 0 Å². The van der Waals surface area contributed by atoms with Crippen molar-refractivity contribution in [3.8, 4) is 0 Å². The first-order valence-electron chi connectivity index (χ1n) is 4.68. The molecule has 16 heavy (non-hydrogen) atoms. The van der Waals surface area contributed by atoms with Gasteiger partial charge in [-0.15, -0.1) is 0 Å². The van der Waals surface area contributed by atoms with E-state index < -0.39 is 0 Å². The maximum atomic E-state index is 4.33. The van der Waals surface area contributed by atoms with Gasteiger partial charge in [0.2, 0.25) is 0 Å². The van der Waals surface area contributed by atoms with Crippen LogP contribution in [0.25, 0.3) is 0 Å². The second-order valence-electron chi connectivity index (χ2n) is 3.26. The predicted octanol–water partition coefficient (Wildman–Crippen LogP) is 4.53. The lowest BCUT2D eigenvalue weighted by Gasteiger charge is -1.98. The van der Waals surface area contributed by atoms with Gasteiger partial charge in [-0.05, 0) is 23.7 Å². The quantitative estimate of drug-likeness (QED) is 0.694. The molecule has 0 aliphatic carbocycles. The number of aromatic nitrogens is 2. The normalized spacial score (nSPS) is 19.6. The smallest absolute Gasteiger partial charge is 0.134 e. The van der Waals surface area contributed by atoms with E-state index in [1.54, 1.807) is 35.9 Å². The third kappa shape index (κ3) is 1.92. The van der Waals surface area contributed by atoms with E-state index in [2.05, 4.69) is 23.8 Å². The van der Waals surface area contributed by atoms with Crippen LogP contribution in [0.4, 0.5) is 0 Å². The van der Waals surface area contributed by atoms with Crippen LogP contribution in [0.15, 0.2) is 40.7 Å². The molecule has 0 amide bonds. The van der Waals surface area contributed by atoms with Crippen molar-refractivity contribution in [2.45, 2.75) is 23.9 Å². The van der Waals surface area contributed by atoms with E-state index in [1.165, 1.54) is 18.3 Å². The van der Waals surface area contributed by atoms with Gasteiger partial charge in [0.05, 0.1) is 8.47 Å². The van der Waals surface area contributed by atoms with Gasteiger partial charge in [0.1, 0.15) is 10.1 Å². The van der Waals surface area contributed by atoms with Gasteiger partial charge >= 0.3 is 0 Å². The van der Waals surface area contributed by atoms with Crippen LogP contribution in [-0.4, -0.2) is 9.97 Å². The first-order chi connectivity index (χ1) is 7.74. The second kappa shape index (κ2) is 4.33. The lowest BCUT2D eigenvalue weighted by Crippen LogP contribution is -1.79. The van der Waals surface area contributed by atoms with Crippen LogP contribution in [0.1, 0.15) is 13.8 Å². The molecule has 82 valence electrons. The van der Waals surface area contributed by atoms with Crippen LogP contribution in [0, 0.1) is 0 Å². The highest BCUT2D eigenvalue weighted by molar-refractivity contribution is 8.32. The zero-order valence-corrected chi connectivity index (χ0v) is 11.9. The fraction of sp³-hybridized carbons (Fsp3) is 0.200. The summed E-state index contributed by atoms with van der Waals surface area (Å²) in [5.41, 5.74) is 0. The van der Waals surface area contributed by atoms with Crippen molar-refractivity contribution in [3.05, 3.63) is 30.7 Å². The Morgan fingerprint density at radius 2 is 1.19 bits per heavy atom. The molecule has 0 saturated carbocycles. The van der Waals surface area contributed by atoms with Crippen LogP contribution in [0.2, 0.25) is 0 Å². The molecule has 2 aliphatic heterocycles. The highest BCUT2D eigenvalue weighted by Gasteiger charge is 2.26. The minimum atomic E-state index is 1.04. The average molecular weight is 284 g/mol. The first kappa shape index (κ1) is 11.1. The SMILES string of the molecule is CC1=C(C)SC(=C2Sc3nccnc3S2)S1. The van der Waals surface area contributed by atoms with E-state index in [0.717, 1.165) is 10.1 Å². The molecule has 0 spiro atoms. The van der Waals surface area contributed by atoms with Crippen molar-refractivity contribution < 1.29 is 0 Å². The summed E-state index contributed by atoms with van der Waals surface area (Å²) in [7, 11) is 0. The molecule has 3 heterocycles. The van der Waals surface area contributed by atoms with E-state index in [0.29, 0.717) is 0 Å². The van der Waals surface area contributed by atoms with Gasteiger partial charge in [0.25, 0.3) is 0 Å². The van der Waals surface area contributed by atoms with Crippen LogP contribution >= 0.6 is 47.0 Å². The summed E-state index contributed by atoms with van der Waals surface area (Å²) in [6.07, 6.45) is 3.51. The standard InChI is InChI=1S/C10H8N2S4/c1-5-6(2)14-9(13-5)10-15-7-8(16-10)12-4-3-11-7/h3-4H,1-2H3. The van der Waals surface area contributed by atoms with Crippen molar-refractivity contribution in [2.75, 3.05) is 0 Å². The maximum absolute atomic E-state index is 4.33. The lowest BCUT2D eigenvalue weighted by atomic mass is 10.6. The molecule has 0 atom stereocenters. The van der Waals surface area contributed by atoms with E-state index in [-0.39, 0.29) is 0 Å². The summed E-state index contributed by atoms with van der Waals surface area (Å²) in [6, 6.07) is 0. The Balaban J connectivity index is 1.90. The van der Waals surface area contributed by atoms with Crippen molar-refractivity contribution in [1.82, 2.24) is 9.97 Å². The van der Waals surface area contributed by atoms with E-state index in [9.17, 15) is 0 Å². The molecule has 1 aromatic heterocycles. The van der Waals surface area contributed by atoms with E-state index in [4.69, 9.17) is 0 Å². The fourth-order valence-electron chi connectivity index (χ4n) is 1.26. The van der Waals surface area contributed by atoms with Crippen molar-refractivity contribution >= 4 is 47.0 Å². The molecule has 3 rings (SSSR count). The third-order valence-corrected chi connectivity index (χ3v) is 7.71. The van der Waals surface area contributed by atoms with Crippen LogP contribution < -0.4 is 0 Å². The summed E-state index contributed by atoms with van der Waals surface area (Å²) in [5, 5.41) is 2.08. The number of thioether (sulfide) groups is 4. The van der Waals surface area contributed by atoms with Gasteiger partial charge in [0.15, 0.2) is 0 Å². The maximum Gasteiger partial charge on any atom is 0.134 e. The Kier molecular flexibility index (Phi) is 2.99. The number of nitrogens with zero attached hydrogens (tertiary/aromatic N) is 2. The Morgan fingerprint density at radius 1 is 0.750 bits per heavy atom. The Hall–Kier alpha value is -0.0400. The zero-order chi connectivity index (χ0) is 11.1. The molecule has 0 unspecified atom stereocenters. The Morgan fingerprint density at radius 3 is 1.69 bits per heavy atom. The van der Waals surface area contributed by atoms with Crippen molar-refractivity contribution in [2.24, 2.45) is 0 Å². The molecule has 2 aliphatic rings. The second-order valence-corrected chi connectivity index (χ2v) is 8.23. The van der Waals surface area contributed by atoms with E-state index in [1.807, 2.05) is 23.5 Å². The zero-order valence-electron chi connectivity index (χ0n) is 8.68. The highest BCUT2D eigenvalue weighted by Crippen LogP contribution is 2.59. The molecule has 2 nitrogen and oxygen atoms in total. The van der Waals surface area contributed by atoms with Gasteiger partial charge in [-0.1, -0.05) is 47.0 Å². The molecular weight excluding hydrogens is 276 g/mol. The van der Waals surface area contributed by atoms with Gasteiger partial charge in [-0.25, -0.2) is 9.97 Å². The van der Waals surface area contributed by atoms with Gasteiger partial charge < -0.3 is 0 Å². The molecule has 1 aromatic rings. The molecule has 0 N–H and O–H groups in total. The molecular formula is C10H8N2S4. The number of fused-ring (bicyclic) bond motifs is 1. The van der Waals surface area contributed by atoms with Gasteiger partial charge in [-0.3, -0.25) is 0 Å². The van der Waals surface area contributed by atoms with Gasteiger partial charge in [0, 0.05) is 12.4 Å². The summed E-state index contributed by atoms with van der Waals surface area (Å²) in [5.74, 6) is 0. The van der Waals surface area contributed by atoms with Crippen LogP contribution in [0.5, 0.6) is 0 Å². The minimum Gasteiger partial charge on any atom is -0.245 e. The third-order valence-electron chi connectivity index (χ3n) is 2.17. The summed E-state index contributed by atoms with van der Waals surface area (Å²) in [6.45, 7) is 4.35. The topological polar surface area (TPSA) is 25.8 Å². The summed E-state index contributed by atoms with van der Waals surface area (Å²) < 4.78 is 2.71. The fourth-order valence-corrected chi connectivity index (χ4v) is 6.35. The largest absolute Gasteiger partial charge is 0.245 e. The number of rotatable bonds is 0. The highest BCUT2D eigenvalue weighted by atomic mass is 32.2. The van der Waals surface area contributed by atoms with Crippen molar-refractivity contribution in [3.63, 3.8) is 0 Å². The molecule has 6 heteroatoms. The number of hydrogen-bond acceptors (Lipinski definition) is 6. The summed E-state index contributed by atoms with van der Waals surface area (Å²) >= 11 is 7.21. The predicted molar refractivity (Wildman–Crippen MR) is 74.3 cm³/mol. The monoisotopic (exact) mass is 284 g/mol. The average Bonchev–Trinajstić information content (AvgIpc) is 2.83. The Labute approximate surface area is 111 Å². The van der Waals surface area contributed by atoms with Gasteiger partial charge in [-0.2, -0.15) is 0 Å².